The Morgan fingerprint density at radius 3 is 2.53 bits per heavy atom. The third-order valence-electron chi connectivity index (χ3n) is 4.29. The van der Waals surface area contributed by atoms with E-state index in [0.717, 1.165) is 19.3 Å². The molecule has 106 valence electrons. The fourth-order valence-corrected chi connectivity index (χ4v) is 2.78. The van der Waals surface area contributed by atoms with Crippen LogP contribution in [0.25, 0.3) is 0 Å². The normalized spacial score (nSPS) is 19.0. The maximum atomic E-state index is 14.2. The third kappa shape index (κ3) is 2.65. The molecule has 0 heterocycles. The number of aryl methyl sites for hydroxylation is 1. The first-order valence-electron chi connectivity index (χ1n) is 6.70. The summed E-state index contributed by atoms with van der Waals surface area (Å²) in [7, 11) is 3.41. The van der Waals surface area contributed by atoms with Gasteiger partial charge in [-0.25, -0.2) is 8.78 Å². The lowest BCUT2D eigenvalue weighted by Crippen LogP contribution is -2.42. The van der Waals surface area contributed by atoms with Gasteiger partial charge in [-0.05, 0) is 51.3 Å². The number of ether oxygens (including phenoxy) is 1. The number of methoxy groups -OCH3 is 1. The van der Waals surface area contributed by atoms with Crippen LogP contribution in [0.4, 0.5) is 8.78 Å². The minimum absolute atomic E-state index is 0.130. The first-order valence-corrected chi connectivity index (χ1v) is 6.70. The Morgan fingerprint density at radius 1 is 1.37 bits per heavy atom. The first-order chi connectivity index (χ1) is 9.03. The second-order valence-corrected chi connectivity index (χ2v) is 5.38. The van der Waals surface area contributed by atoms with Crippen LogP contribution in [0.3, 0.4) is 0 Å². The molecule has 1 unspecified atom stereocenters. The summed E-state index contributed by atoms with van der Waals surface area (Å²) in [6.07, 6.45) is 3.62. The van der Waals surface area contributed by atoms with Crippen molar-refractivity contribution in [2.75, 3.05) is 14.2 Å². The Bertz CT molecular complexity index is 452. The zero-order valence-electron chi connectivity index (χ0n) is 11.7. The average molecular weight is 269 g/mol. The summed E-state index contributed by atoms with van der Waals surface area (Å²) in [5.74, 6) is -0.946. The highest BCUT2D eigenvalue weighted by Crippen LogP contribution is 2.42. The zero-order valence-corrected chi connectivity index (χ0v) is 11.7. The highest BCUT2D eigenvalue weighted by Gasteiger charge is 2.40. The van der Waals surface area contributed by atoms with Crippen molar-refractivity contribution in [2.45, 2.75) is 44.2 Å². The standard InChI is InChI=1S/C15H21F2NO/c1-10-5-6-11(16)13(14(10)17)12(18-2)9-15(19-3)7-4-8-15/h5-6,12,18H,4,7-9H2,1-3H3. The molecular weight excluding hydrogens is 248 g/mol. The number of hydrogen-bond acceptors (Lipinski definition) is 2. The van der Waals surface area contributed by atoms with E-state index in [4.69, 9.17) is 4.74 Å². The fourth-order valence-electron chi connectivity index (χ4n) is 2.78. The van der Waals surface area contributed by atoms with Gasteiger partial charge in [-0.3, -0.25) is 0 Å². The van der Waals surface area contributed by atoms with E-state index < -0.39 is 11.6 Å². The van der Waals surface area contributed by atoms with Crippen LogP contribution >= 0.6 is 0 Å². The summed E-state index contributed by atoms with van der Waals surface area (Å²) in [5.41, 5.74) is 0.374. The van der Waals surface area contributed by atoms with Crippen molar-refractivity contribution in [3.05, 3.63) is 34.9 Å². The second-order valence-electron chi connectivity index (χ2n) is 5.38. The van der Waals surface area contributed by atoms with Crippen molar-refractivity contribution in [3.8, 4) is 0 Å². The van der Waals surface area contributed by atoms with Gasteiger partial charge >= 0.3 is 0 Å². The van der Waals surface area contributed by atoms with Crippen LogP contribution in [0.15, 0.2) is 12.1 Å². The Hall–Kier alpha value is -1.00. The fraction of sp³-hybridized carbons (Fsp3) is 0.600. The van der Waals surface area contributed by atoms with Crippen LogP contribution in [0, 0.1) is 18.6 Å². The molecule has 1 aromatic rings. The van der Waals surface area contributed by atoms with Crippen molar-refractivity contribution < 1.29 is 13.5 Å². The van der Waals surface area contributed by atoms with Gasteiger partial charge in [0.1, 0.15) is 11.6 Å². The minimum atomic E-state index is -0.493. The number of benzene rings is 1. The molecule has 0 bridgehead atoms. The molecule has 0 aliphatic heterocycles. The van der Waals surface area contributed by atoms with Gasteiger partial charge in [-0.1, -0.05) is 6.07 Å². The van der Waals surface area contributed by atoms with E-state index in [-0.39, 0.29) is 17.2 Å². The van der Waals surface area contributed by atoms with E-state index in [1.807, 2.05) is 0 Å². The highest BCUT2D eigenvalue weighted by molar-refractivity contribution is 5.29. The van der Waals surface area contributed by atoms with E-state index in [1.165, 1.54) is 12.1 Å². The number of halogens is 2. The number of nitrogens with one attached hydrogen (secondary N) is 1. The number of rotatable bonds is 5. The van der Waals surface area contributed by atoms with Gasteiger partial charge in [-0.2, -0.15) is 0 Å². The minimum Gasteiger partial charge on any atom is -0.378 e. The predicted octanol–water partition coefficient (Wildman–Crippen LogP) is 3.49. The Labute approximate surface area is 113 Å². The predicted molar refractivity (Wildman–Crippen MR) is 71.1 cm³/mol. The summed E-state index contributed by atoms with van der Waals surface area (Å²) in [5, 5.41) is 3.03. The first kappa shape index (κ1) is 14.4. The van der Waals surface area contributed by atoms with Crippen LogP contribution in [-0.4, -0.2) is 19.8 Å². The molecular formula is C15H21F2NO. The molecule has 4 heteroatoms. The van der Waals surface area contributed by atoms with Crippen LogP contribution in [0.1, 0.15) is 42.9 Å². The van der Waals surface area contributed by atoms with Crippen LogP contribution < -0.4 is 5.32 Å². The molecule has 0 saturated heterocycles. The van der Waals surface area contributed by atoms with Gasteiger partial charge in [0.15, 0.2) is 0 Å². The molecule has 1 aromatic carbocycles. The lowest BCUT2D eigenvalue weighted by molar-refractivity contribution is -0.0837. The maximum absolute atomic E-state index is 14.2. The van der Waals surface area contributed by atoms with E-state index in [9.17, 15) is 8.78 Å². The molecule has 2 rings (SSSR count). The molecule has 1 atom stereocenters. The van der Waals surface area contributed by atoms with Crippen LogP contribution in [-0.2, 0) is 4.74 Å². The quantitative estimate of drug-likeness (QED) is 0.883. The maximum Gasteiger partial charge on any atom is 0.133 e. The molecule has 0 radical (unpaired) electrons. The van der Waals surface area contributed by atoms with Crippen LogP contribution in [0.2, 0.25) is 0 Å². The largest absolute Gasteiger partial charge is 0.378 e. The van der Waals surface area contributed by atoms with Crippen LogP contribution in [0.5, 0.6) is 0 Å². The van der Waals surface area contributed by atoms with Gasteiger partial charge in [0, 0.05) is 18.7 Å². The van der Waals surface area contributed by atoms with Crippen molar-refractivity contribution in [3.63, 3.8) is 0 Å². The topological polar surface area (TPSA) is 21.3 Å². The monoisotopic (exact) mass is 269 g/mol. The summed E-state index contributed by atoms with van der Waals surface area (Å²) in [6, 6.07) is 2.44. The highest BCUT2D eigenvalue weighted by atomic mass is 19.1. The van der Waals surface area contributed by atoms with Crippen molar-refractivity contribution in [1.82, 2.24) is 5.32 Å². The zero-order chi connectivity index (χ0) is 14.0. The average Bonchev–Trinajstić information content (AvgIpc) is 2.36. The molecule has 19 heavy (non-hydrogen) atoms. The van der Waals surface area contributed by atoms with E-state index in [0.29, 0.717) is 12.0 Å². The summed E-state index contributed by atoms with van der Waals surface area (Å²) in [4.78, 5) is 0. The van der Waals surface area contributed by atoms with Crippen molar-refractivity contribution in [1.29, 1.82) is 0 Å². The van der Waals surface area contributed by atoms with Gasteiger partial charge < -0.3 is 10.1 Å². The third-order valence-corrected chi connectivity index (χ3v) is 4.29. The van der Waals surface area contributed by atoms with Gasteiger partial charge in [0.2, 0.25) is 0 Å². The molecule has 1 aliphatic carbocycles. The van der Waals surface area contributed by atoms with E-state index in [2.05, 4.69) is 5.32 Å². The lowest BCUT2D eigenvalue weighted by Gasteiger charge is -2.43. The van der Waals surface area contributed by atoms with Gasteiger partial charge in [-0.15, -0.1) is 0 Å². The van der Waals surface area contributed by atoms with Crippen molar-refractivity contribution >= 4 is 0 Å². The molecule has 1 aliphatic rings. The second kappa shape index (κ2) is 5.55. The van der Waals surface area contributed by atoms with Gasteiger partial charge in [0.25, 0.3) is 0 Å². The Morgan fingerprint density at radius 2 is 2.05 bits per heavy atom. The molecule has 0 aromatic heterocycles. The van der Waals surface area contributed by atoms with Crippen molar-refractivity contribution in [2.24, 2.45) is 0 Å². The van der Waals surface area contributed by atoms with E-state index in [1.54, 1.807) is 21.1 Å². The van der Waals surface area contributed by atoms with Gasteiger partial charge in [0.05, 0.1) is 5.60 Å². The Kier molecular flexibility index (Phi) is 4.21. The molecule has 1 fully saturated rings. The summed E-state index contributed by atoms with van der Waals surface area (Å²) >= 11 is 0. The molecule has 1 N–H and O–H groups in total. The molecule has 0 spiro atoms. The summed E-state index contributed by atoms with van der Waals surface area (Å²) in [6.45, 7) is 1.65. The molecule has 0 amide bonds. The summed E-state index contributed by atoms with van der Waals surface area (Å²) < 4.78 is 33.7. The number of hydrogen-bond donors (Lipinski definition) is 1. The smallest absolute Gasteiger partial charge is 0.133 e. The SMILES string of the molecule is CNC(CC1(OC)CCC1)c1c(F)ccc(C)c1F. The van der Waals surface area contributed by atoms with E-state index >= 15 is 0 Å². The Balaban J connectivity index is 2.29. The molecule has 1 saturated carbocycles. The lowest BCUT2D eigenvalue weighted by atomic mass is 9.74. The molecule has 2 nitrogen and oxygen atoms in total.